The maximum absolute atomic E-state index is 12.5. The molecule has 0 spiro atoms. The molecular weight excluding hydrogens is 155 g/mol. The molecule has 0 aromatic carbocycles. The molecular formula is C7H10F3N. The topological polar surface area (TPSA) is 26.0 Å². The van der Waals surface area contributed by atoms with Gasteiger partial charge in [-0.15, -0.1) is 6.58 Å². The first kappa shape index (κ1) is 10.2. The van der Waals surface area contributed by atoms with Crippen molar-refractivity contribution in [1.82, 2.24) is 0 Å². The van der Waals surface area contributed by atoms with Gasteiger partial charge in [-0.2, -0.15) is 0 Å². The first-order chi connectivity index (χ1) is 5.13. The van der Waals surface area contributed by atoms with E-state index in [1.165, 1.54) is 0 Å². The smallest absolute Gasteiger partial charge is 0.139 e. The van der Waals surface area contributed by atoms with E-state index in [9.17, 15) is 13.2 Å². The van der Waals surface area contributed by atoms with Crippen molar-refractivity contribution in [3.05, 3.63) is 24.6 Å². The summed E-state index contributed by atoms with van der Waals surface area (Å²) in [6.45, 7) is 2.10. The monoisotopic (exact) mass is 165 g/mol. The van der Waals surface area contributed by atoms with E-state index in [0.717, 1.165) is 6.08 Å². The maximum atomic E-state index is 12.5. The molecule has 2 atom stereocenters. The van der Waals surface area contributed by atoms with Gasteiger partial charge in [0.25, 0.3) is 0 Å². The second-order valence-corrected chi connectivity index (χ2v) is 1.95. The first-order valence-electron chi connectivity index (χ1n) is 3.07. The number of alkyl halides is 2. The molecule has 0 aliphatic rings. The van der Waals surface area contributed by atoms with Gasteiger partial charge in [0.05, 0.1) is 6.04 Å². The molecule has 0 rings (SSSR count). The fourth-order valence-corrected chi connectivity index (χ4v) is 0.509. The van der Waals surface area contributed by atoms with E-state index < -0.39 is 24.7 Å². The Morgan fingerprint density at radius 1 is 1.64 bits per heavy atom. The number of hydrogen-bond acceptors (Lipinski definition) is 1. The Kier molecular flexibility index (Phi) is 4.61. The van der Waals surface area contributed by atoms with Crippen molar-refractivity contribution in [2.45, 2.75) is 12.2 Å². The van der Waals surface area contributed by atoms with Crippen LogP contribution in [0.25, 0.3) is 0 Å². The lowest BCUT2D eigenvalue weighted by atomic mass is 10.1. The maximum Gasteiger partial charge on any atom is 0.139 e. The van der Waals surface area contributed by atoms with Gasteiger partial charge < -0.3 is 5.73 Å². The zero-order chi connectivity index (χ0) is 8.85. The van der Waals surface area contributed by atoms with Crippen molar-refractivity contribution < 1.29 is 13.2 Å². The molecule has 4 heteroatoms. The highest BCUT2D eigenvalue weighted by molar-refractivity contribution is 5.07. The Bertz CT molecular complexity index is 156. The molecule has 0 saturated heterocycles. The standard InChI is InChI=1S/C7H10F3N/c1-2-5(9)7(11)6(10)3-4-8/h2-3,5,7H,1,4,11H2/b6-3+. The van der Waals surface area contributed by atoms with Gasteiger partial charge in [0.2, 0.25) is 0 Å². The van der Waals surface area contributed by atoms with Crippen LogP contribution in [-0.2, 0) is 0 Å². The highest BCUT2D eigenvalue weighted by Gasteiger charge is 2.17. The summed E-state index contributed by atoms with van der Waals surface area (Å²) in [5.41, 5.74) is 5.00. The van der Waals surface area contributed by atoms with Crippen molar-refractivity contribution in [3.63, 3.8) is 0 Å². The van der Waals surface area contributed by atoms with Crippen LogP contribution in [0.4, 0.5) is 13.2 Å². The lowest BCUT2D eigenvalue weighted by Crippen LogP contribution is -2.30. The fourth-order valence-electron chi connectivity index (χ4n) is 0.509. The van der Waals surface area contributed by atoms with Crippen molar-refractivity contribution >= 4 is 0 Å². The van der Waals surface area contributed by atoms with Crippen molar-refractivity contribution in [3.8, 4) is 0 Å². The summed E-state index contributed by atoms with van der Waals surface area (Å²) in [7, 11) is 0. The predicted molar refractivity (Wildman–Crippen MR) is 38.2 cm³/mol. The zero-order valence-electron chi connectivity index (χ0n) is 5.93. The fraction of sp³-hybridized carbons (Fsp3) is 0.429. The molecule has 11 heavy (non-hydrogen) atoms. The number of allylic oxidation sites excluding steroid dienone is 1. The van der Waals surface area contributed by atoms with Crippen LogP contribution in [0.15, 0.2) is 24.6 Å². The second kappa shape index (κ2) is 4.96. The van der Waals surface area contributed by atoms with E-state index >= 15 is 0 Å². The minimum Gasteiger partial charge on any atom is -0.319 e. The molecule has 2 N–H and O–H groups in total. The lowest BCUT2D eigenvalue weighted by Gasteiger charge is -2.09. The summed E-state index contributed by atoms with van der Waals surface area (Å²) in [6, 6.07) is -1.43. The van der Waals surface area contributed by atoms with E-state index in [1.54, 1.807) is 0 Å². The molecule has 0 bridgehead atoms. The third-order valence-corrected chi connectivity index (χ3v) is 1.16. The molecule has 0 amide bonds. The lowest BCUT2D eigenvalue weighted by molar-refractivity contribution is 0.333. The Labute approximate surface area is 63.4 Å². The predicted octanol–water partition coefficient (Wildman–Crippen LogP) is 1.66. The molecule has 0 radical (unpaired) electrons. The van der Waals surface area contributed by atoms with E-state index in [4.69, 9.17) is 5.73 Å². The van der Waals surface area contributed by atoms with E-state index in [1.807, 2.05) is 0 Å². The highest BCUT2D eigenvalue weighted by Crippen LogP contribution is 2.09. The Morgan fingerprint density at radius 2 is 2.18 bits per heavy atom. The van der Waals surface area contributed by atoms with Gasteiger partial charge in [0.15, 0.2) is 0 Å². The van der Waals surface area contributed by atoms with Gasteiger partial charge in [-0.05, 0) is 6.08 Å². The number of hydrogen-bond donors (Lipinski definition) is 1. The molecule has 0 saturated carbocycles. The van der Waals surface area contributed by atoms with E-state index in [0.29, 0.717) is 6.08 Å². The normalized spacial score (nSPS) is 17.6. The van der Waals surface area contributed by atoms with Crippen LogP contribution in [-0.4, -0.2) is 18.9 Å². The molecule has 1 nitrogen and oxygen atoms in total. The molecule has 0 aromatic rings. The highest BCUT2D eigenvalue weighted by atomic mass is 19.1. The summed E-state index contributed by atoms with van der Waals surface area (Å²) in [6.07, 6.45) is -0.199. The minimum atomic E-state index is -1.67. The molecule has 0 fully saturated rings. The van der Waals surface area contributed by atoms with Crippen LogP contribution < -0.4 is 5.73 Å². The summed E-state index contributed by atoms with van der Waals surface area (Å²) in [5, 5.41) is 0. The summed E-state index contributed by atoms with van der Waals surface area (Å²) in [4.78, 5) is 0. The van der Waals surface area contributed by atoms with Crippen LogP contribution in [0.5, 0.6) is 0 Å². The van der Waals surface area contributed by atoms with Crippen molar-refractivity contribution in [2.75, 3.05) is 6.67 Å². The number of nitrogens with two attached hydrogens (primary N) is 1. The quantitative estimate of drug-likeness (QED) is 0.630. The van der Waals surface area contributed by atoms with Crippen molar-refractivity contribution in [2.24, 2.45) is 5.73 Å². The van der Waals surface area contributed by atoms with Crippen LogP contribution in [0.1, 0.15) is 0 Å². The van der Waals surface area contributed by atoms with Gasteiger partial charge in [-0.1, -0.05) is 6.08 Å². The molecule has 0 heterocycles. The second-order valence-electron chi connectivity index (χ2n) is 1.95. The van der Waals surface area contributed by atoms with Crippen LogP contribution >= 0.6 is 0 Å². The van der Waals surface area contributed by atoms with E-state index in [2.05, 4.69) is 6.58 Å². The third-order valence-electron chi connectivity index (χ3n) is 1.16. The Balaban J connectivity index is 4.11. The summed E-state index contributed by atoms with van der Waals surface area (Å²) >= 11 is 0. The Hall–Kier alpha value is -0.770. The average molecular weight is 165 g/mol. The molecule has 0 aliphatic carbocycles. The van der Waals surface area contributed by atoms with Crippen molar-refractivity contribution in [1.29, 1.82) is 0 Å². The van der Waals surface area contributed by atoms with Crippen LogP contribution in [0.3, 0.4) is 0 Å². The number of rotatable bonds is 4. The van der Waals surface area contributed by atoms with Gasteiger partial charge in [-0.3, -0.25) is 0 Å². The first-order valence-corrected chi connectivity index (χ1v) is 3.07. The molecule has 0 aromatic heterocycles. The van der Waals surface area contributed by atoms with Gasteiger partial charge in [-0.25, -0.2) is 13.2 Å². The zero-order valence-corrected chi connectivity index (χ0v) is 5.93. The SMILES string of the molecule is C=CC(F)C(N)/C(F)=C\CF. The van der Waals surface area contributed by atoms with Crippen LogP contribution in [0, 0.1) is 0 Å². The van der Waals surface area contributed by atoms with Crippen LogP contribution in [0.2, 0.25) is 0 Å². The molecule has 64 valence electrons. The minimum absolute atomic E-state index is 0.598. The summed E-state index contributed by atoms with van der Waals surface area (Å²) in [5.74, 6) is -0.986. The largest absolute Gasteiger partial charge is 0.319 e. The number of halogens is 3. The van der Waals surface area contributed by atoms with Gasteiger partial charge in [0, 0.05) is 0 Å². The van der Waals surface area contributed by atoms with Gasteiger partial charge in [0.1, 0.15) is 18.7 Å². The van der Waals surface area contributed by atoms with Gasteiger partial charge >= 0.3 is 0 Å². The Morgan fingerprint density at radius 3 is 2.55 bits per heavy atom. The molecule has 0 aliphatic heterocycles. The van der Waals surface area contributed by atoms with E-state index in [-0.39, 0.29) is 0 Å². The summed E-state index contributed by atoms with van der Waals surface area (Å²) < 4.78 is 36.3. The third kappa shape index (κ3) is 3.23. The average Bonchev–Trinajstić information content (AvgIpc) is 2.02. The molecule has 2 unspecified atom stereocenters.